The molecule has 0 unspecified atom stereocenters. The van der Waals surface area contributed by atoms with Gasteiger partial charge in [-0.3, -0.25) is 14.2 Å². The number of allylic oxidation sites excluding steroid dienone is 1. The molecule has 5 rings (SSSR count). The molecule has 1 saturated heterocycles. The molecule has 2 aromatic heterocycles. The summed E-state index contributed by atoms with van der Waals surface area (Å²) in [4.78, 5) is 37.3. The Morgan fingerprint density at radius 3 is 2.69 bits per heavy atom. The van der Waals surface area contributed by atoms with E-state index in [4.69, 9.17) is 4.98 Å². The number of fused-ring (bicyclic) bond motifs is 3. The van der Waals surface area contributed by atoms with Gasteiger partial charge in [0.05, 0.1) is 11.1 Å². The quantitative estimate of drug-likeness (QED) is 0.316. The van der Waals surface area contributed by atoms with Crippen LogP contribution < -0.4 is 10.5 Å². The Balaban J connectivity index is 1.29. The highest BCUT2D eigenvalue weighted by atomic mass is 32.2. The van der Waals surface area contributed by atoms with E-state index in [9.17, 15) is 9.59 Å². The minimum Gasteiger partial charge on any atom is -0.368 e. The van der Waals surface area contributed by atoms with Gasteiger partial charge in [0, 0.05) is 43.3 Å². The largest absolute Gasteiger partial charge is 0.368 e. The lowest BCUT2D eigenvalue weighted by Crippen LogP contribution is -2.49. The molecule has 0 saturated carbocycles. The van der Waals surface area contributed by atoms with Crippen molar-refractivity contribution >= 4 is 44.9 Å². The number of hydrogen-bond donors (Lipinski definition) is 0. The number of thiophene rings is 1. The summed E-state index contributed by atoms with van der Waals surface area (Å²) in [5.74, 6) is 0.377. The van der Waals surface area contributed by atoms with E-state index in [1.165, 1.54) is 27.9 Å². The molecule has 3 aromatic rings. The Morgan fingerprint density at radius 1 is 1.16 bits per heavy atom. The van der Waals surface area contributed by atoms with Crippen molar-refractivity contribution in [3.8, 4) is 0 Å². The van der Waals surface area contributed by atoms with E-state index in [1.807, 2.05) is 23.1 Å². The molecule has 1 aromatic carbocycles. The summed E-state index contributed by atoms with van der Waals surface area (Å²) in [5, 5.41) is 1.38. The number of benzene rings is 1. The lowest BCUT2D eigenvalue weighted by molar-refractivity contribution is -0.128. The van der Waals surface area contributed by atoms with E-state index in [1.54, 1.807) is 22.0 Å². The molecule has 8 heteroatoms. The monoisotopic (exact) mass is 466 g/mol. The molecular formula is C24H26N4O2S2. The van der Waals surface area contributed by atoms with Crippen molar-refractivity contribution < 1.29 is 4.79 Å². The third-order valence-corrected chi connectivity index (χ3v) is 8.33. The first kappa shape index (κ1) is 21.3. The standard InChI is InChI=1S/C24H26N4O2S2/c1-2-11-28-23(30)21-18-9-6-10-19(18)32-22(21)25-24(28)31-16-20(29)27-14-12-26(13-15-27)17-7-4-3-5-8-17/h2-5,7-8H,1,6,9-16H2. The summed E-state index contributed by atoms with van der Waals surface area (Å²) >= 11 is 3.00. The molecule has 32 heavy (non-hydrogen) atoms. The van der Waals surface area contributed by atoms with Gasteiger partial charge in [-0.2, -0.15) is 0 Å². The molecule has 0 bridgehead atoms. The average molecular weight is 467 g/mol. The molecule has 1 aliphatic carbocycles. The third-order valence-electron chi connectivity index (χ3n) is 6.18. The molecule has 0 spiro atoms. The van der Waals surface area contributed by atoms with E-state index in [0.717, 1.165) is 42.6 Å². The van der Waals surface area contributed by atoms with Gasteiger partial charge in [0.25, 0.3) is 5.56 Å². The number of anilines is 1. The number of carbonyl (C=O) groups excluding carboxylic acids is 1. The molecule has 0 atom stereocenters. The molecule has 6 nitrogen and oxygen atoms in total. The summed E-state index contributed by atoms with van der Waals surface area (Å²) in [7, 11) is 0. The Bertz CT molecular complexity index is 1210. The number of carbonyl (C=O) groups is 1. The predicted octanol–water partition coefficient (Wildman–Crippen LogP) is 3.57. The first-order chi connectivity index (χ1) is 15.7. The fourth-order valence-electron chi connectivity index (χ4n) is 4.53. The molecule has 0 radical (unpaired) electrons. The van der Waals surface area contributed by atoms with Crippen LogP contribution in [0.3, 0.4) is 0 Å². The van der Waals surface area contributed by atoms with Crippen LogP contribution in [0.4, 0.5) is 5.69 Å². The Labute approximate surface area is 195 Å². The lowest BCUT2D eigenvalue weighted by atomic mass is 10.2. The van der Waals surface area contributed by atoms with E-state index in [-0.39, 0.29) is 17.2 Å². The normalized spacial score (nSPS) is 15.9. The van der Waals surface area contributed by atoms with Crippen LogP contribution >= 0.6 is 23.1 Å². The number of para-hydroxylation sites is 1. The van der Waals surface area contributed by atoms with Crippen LogP contribution in [0, 0.1) is 0 Å². The number of aryl methyl sites for hydroxylation is 2. The summed E-state index contributed by atoms with van der Waals surface area (Å²) in [6.45, 7) is 7.27. The van der Waals surface area contributed by atoms with E-state index in [0.29, 0.717) is 24.8 Å². The number of rotatable bonds is 6. The maximum absolute atomic E-state index is 13.2. The van der Waals surface area contributed by atoms with Gasteiger partial charge < -0.3 is 9.80 Å². The number of nitrogens with zero attached hydrogens (tertiary/aromatic N) is 4. The smallest absolute Gasteiger partial charge is 0.263 e. The molecule has 2 aliphatic rings. The SMILES string of the molecule is C=CCn1c(SCC(=O)N2CCN(c3ccccc3)CC2)nc2sc3c(c2c1=O)CCC3. The van der Waals surface area contributed by atoms with Crippen molar-refractivity contribution in [3.05, 3.63) is 63.8 Å². The first-order valence-corrected chi connectivity index (χ1v) is 12.8. The zero-order valence-corrected chi connectivity index (χ0v) is 19.6. The number of hydrogen-bond acceptors (Lipinski definition) is 6. The highest BCUT2D eigenvalue weighted by molar-refractivity contribution is 7.99. The van der Waals surface area contributed by atoms with Crippen molar-refractivity contribution in [3.63, 3.8) is 0 Å². The summed E-state index contributed by atoms with van der Waals surface area (Å²) in [6, 6.07) is 10.3. The number of thioether (sulfide) groups is 1. The average Bonchev–Trinajstić information content (AvgIpc) is 3.41. The topological polar surface area (TPSA) is 58.4 Å². The third kappa shape index (κ3) is 3.97. The zero-order valence-electron chi connectivity index (χ0n) is 18.0. The van der Waals surface area contributed by atoms with Crippen molar-refractivity contribution in [1.29, 1.82) is 0 Å². The van der Waals surface area contributed by atoms with Gasteiger partial charge in [-0.05, 0) is 37.0 Å². The highest BCUT2D eigenvalue weighted by Gasteiger charge is 2.25. The molecule has 1 fully saturated rings. The zero-order chi connectivity index (χ0) is 22.1. The summed E-state index contributed by atoms with van der Waals surface area (Å²) in [5.41, 5.74) is 2.38. The molecule has 0 N–H and O–H groups in total. The summed E-state index contributed by atoms with van der Waals surface area (Å²) < 4.78 is 1.67. The number of piperazine rings is 1. The van der Waals surface area contributed by atoms with Crippen LogP contribution in [-0.4, -0.2) is 52.3 Å². The highest BCUT2D eigenvalue weighted by Crippen LogP contribution is 2.35. The second-order valence-electron chi connectivity index (χ2n) is 8.13. The minimum atomic E-state index is 0.000671. The lowest BCUT2D eigenvalue weighted by Gasteiger charge is -2.36. The van der Waals surface area contributed by atoms with Crippen LogP contribution in [0.25, 0.3) is 10.2 Å². The van der Waals surface area contributed by atoms with Gasteiger partial charge in [-0.1, -0.05) is 36.0 Å². The van der Waals surface area contributed by atoms with Crippen molar-refractivity contribution in [2.45, 2.75) is 31.0 Å². The predicted molar refractivity (Wildman–Crippen MR) is 132 cm³/mol. The van der Waals surface area contributed by atoms with Crippen molar-refractivity contribution in [2.24, 2.45) is 0 Å². The molecule has 166 valence electrons. The Morgan fingerprint density at radius 2 is 1.94 bits per heavy atom. The second-order valence-corrected chi connectivity index (χ2v) is 10.2. The fraction of sp³-hybridized carbons (Fsp3) is 0.375. The van der Waals surface area contributed by atoms with Crippen LogP contribution in [-0.2, 0) is 24.2 Å². The molecule has 1 amide bonds. The van der Waals surface area contributed by atoms with Gasteiger partial charge in [-0.25, -0.2) is 4.98 Å². The van der Waals surface area contributed by atoms with Crippen LogP contribution in [0.2, 0.25) is 0 Å². The molecular weight excluding hydrogens is 440 g/mol. The molecule has 3 heterocycles. The van der Waals surface area contributed by atoms with Crippen LogP contribution in [0.15, 0.2) is 52.9 Å². The maximum Gasteiger partial charge on any atom is 0.263 e. The Kier molecular flexibility index (Phi) is 6.06. The van der Waals surface area contributed by atoms with Crippen LogP contribution in [0.1, 0.15) is 16.9 Å². The van der Waals surface area contributed by atoms with Crippen molar-refractivity contribution in [1.82, 2.24) is 14.5 Å². The maximum atomic E-state index is 13.2. The van der Waals surface area contributed by atoms with Gasteiger partial charge >= 0.3 is 0 Å². The number of aromatic nitrogens is 2. The van der Waals surface area contributed by atoms with Crippen LogP contribution in [0.5, 0.6) is 0 Å². The van der Waals surface area contributed by atoms with E-state index in [2.05, 4.69) is 23.6 Å². The molecule has 1 aliphatic heterocycles. The van der Waals surface area contributed by atoms with E-state index < -0.39 is 0 Å². The first-order valence-electron chi connectivity index (χ1n) is 11.0. The minimum absolute atomic E-state index is 0.000671. The Hall–Kier alpha value is -2.58. The van der Waals surface area contributed by atoms with Gasteiger partial charge in [0.1, 0.15) is 4.83 Å². The number of amides is 1. The van der Waals surface area contributed by atoms with Crippen molar-refractivity contribution in [2.75, 3.05) is 36.8 Å². The van der Waals surface area contributed by atoms with Gasteiger partial charge in [-0.15, -0.1) is 17.9 Å². The van der Waals surface area contributed by atoms with Gasteiger partial charge in [0.15, 0.2) is 5.16 Å². The fourth-order valence-corrected chi connectivity index (χ4v) is 6.74. The van der Waals surface area contributed by atoms with E-state index >= 15 is 0 Å². The second kappa shape index (κ2) is 9.11. The summed E-state index contributed by atoms with van der Waals surface area (Å²) in [6.07, 6.45) is 4.82. The van der Waals surface area contributed by atoms with Gasteiger partial charge in [0.2, 0.25) is 5.91 Å².